The normalized spacial score (nSPS) is 12.3. The largest absolute Gasteiger partial charge is 0.480 e. The highest BCUT2D eigenvalue weighted by Crippen LogP contribution is 2.37. The lowest BCUT2D eigenvalue weighted by Gasteiger charge is -2.16. The molecule has 0 radical (unpaired) electrons. The van der Waals surface area contributed by atoms with Crippen molar-refractivity contribution in [2.75, 3.05) is 5.32 Å². The second-order valence-corrected chi connectivity index (χ2v) is 7.07. The van der Waals surface area contributed by atoms with Crippen LogP contribution in [-0.4, -0.2) is 27.1 Å². The van der Waals surface area contributed by atoms with Gasteiger partial charge in [0.2, 0.25) is 0 Å². The first-order chi connectivity index (χ1) is 12.0. The zero-order valence-corrected chi connectivity index (χ0v) is 15.5. The zero-order valence-electron chi connectivity index (χ0n) is 13.9. The predicted molar refractivity (Wildman–Crippen MR) is 103 cm³/mol. The summed E-state index contributed by atoms with van der Waals surface area (Å²) in [6, 6.07) is 6.86. The van der Waals surface area contributed by atoms with Crippen LogP contribution in [-0.2, 0) is 4.79 Å². The van der Waals surface area contributed by atoms with E-state index >= 15 is 0 Å². The maximum absolute atomic E-state index is 11.5. The van der Waals surface area contributed by atoms with Gasteiger partial charge in [0.15, 0.2) is 0 Å². The van der Waals surface area contributed by atoms with Crippen LogP contribution >= 0.6 is 22.9 Å². The molecule has 0 aliphatic rings. The molecule has 0 saturated heterocycles. The van der Waals surface area contributed by atoms with Crippen molar-refractivity contribution in [2.24, 2.45) is 0 Å². The molecule has 2 N–H and O–H groups in total. The average molecular weight is 376 g/mol. The van der Waals surface area contributed by atoms with Crippen LogP contribution in [0, 0.1) is 6.92 Å². The zero-order chi connectivity index (χ0) is 18.0. The second kappa shape index (κ2) is 7.37. The summed E-state index contributed by atoms with van der Waals surface area (Å²) in [4.78, 5) is 21.3. The topological polar surface area (TPSA) is 75.1 Å². The molecule has 7 heteroatoms. The van der Waals surface area contributed by atoms with E-state index in [0.717, 1.165) is 27.8 Å². The molecule has 3 rings (SSSR count). The molecule has 25 heavy (non-hydrogen) atoms. The van der Waals surface area contributed by atoms with E-state index in [0.29, 0.717) is 23.1 Å². The van der Waals surface area contributed by atoms with Gasteiger partial charge in [-0.15, -0.1) is 11.3 Å². The number of aliphatic carboxylic acids is 1. The lowest BCUT2D eigenvalue weighted by molar-refractivity contribution is -0.138. The van der Waals surface area contributed by atoms with Gasteiger partial charge in [-0.2, -0.15) is 0 Å². The number of benzene rings is 1. The summed E-state index contributed by atoms with van der Waals surface area (Å²) in [6.07, 6.45) is 1.30. The molecule has 0 bridgehead atoms. The van der Waals surface area contributed by atoms with Crippen LogP contribution in [0.15, 0.2) is 29.6 Å². The molecule has 5 nitrogen and oxygen atoms in total. The van der Waals surface area contributed by atoms with E-state index in [1.807, 2.05) is 43.5 Å². The minimum absolute atomic E-state index is 0.528. The number of nitrogens with one attached hydrogen (secondary N) is 1. The summed E-state index contributed by atoms with van der Waals surface area (Å²) in [5, 5.41) is 16.1. The minimum atomic E-state index is -0.880. The Bertz CT molecular complexity index is 909. The van der Waals surface area contributed by atoms with Crippen LogP contribution in [0.3, 0.4) is 0 Å². The fourth-order valence-corrected chi connectivity index (χ4v) is 3.82. The Hall–Kier alpha value is -2.18. The summed E-state index contributed by atoms with van der Waals surface area (Å²) in [5.41, 5.74) is 1.97. The third-order valence-electron chi connectivity index (χ3n) is 3.89. The van der Waals surface area contributed by atoms with Gasteiger partial charge in [0.05, 0.1) is 5.39 Å². The maximum atomic E-state index is 11.5. The number of fused-ring (bicyclic) bond motifs is 1. The fourth-order valence-electron chi connectivity index (χ4n) is 2.71. The number of aryl methyl sites for hydroxylation is 1. The number of anilines is 1. The molecule has 0 fully saturated rings. The summed E-state index contributed by atoms with van der Waals surface area (Å²) in [5.74, 6) is 0.296. The van der Waals surface area contributed by atoms with E-state index in [1.54, 1.807) is 0 Å². The minimum Gasteiger partial charge on any atom is -0.480 e. The van der Waals surface area contributed by atoms with E-state index in [1.165, 1.54) is 11.3 Å². The first-order valence-electron chi connectivity index (χ1n) is 8.00. The first kappa shape index (κ1) is 17.6. The summed E-state index contributed by atoms with van der Waals surface area (Å²) in [6.45, 7) is 3.77. The van der Waals surface area contributed by atoms with Gasteiger partial charge in [-0.05, 0) is 31.0 Å². The molecule has 2 heterocycles. The van der Waals surface area contributed by atoms with Crippen LogP contribution in [0.1, 0.15) is 25.6 Å². The van der Waals surface area contributed by atoms with Crippen LogP contribution in [0.25, 0.3) is 21.3 Å². The van der Waals surface area contributed by atoms with E-state index in [2.05, 4.69) is 15.3 Å². The number of halogens is 1. The number of carboxylic acids is 1. The molecule has 1 atom stereocenters. The van der Waals surface area contributed by atoms with Gasteiger partial charge in [0, 0.05) is 16.0 Å². The number of carbonyl (C=O) groups is 1. The number of nitrogens with zero attached hydrogens (tertiary/aromatic N) is 2. The van der Waals surface area contributed by atoms with Crippen molar-refractivity contribution in [1.29, 1.82) is 0 Å². The van der Waals surface area contributed by atoms with Gasteiger partial charge in [0.25, 0.3) is 0 Å². The Balaban J connectivity index is 2.12. The van der Waals surface area contributed by atoms with Crippen LogP contribution < -0.4 is 5.32 Å². The molecule has 0 aliphatic heterocycles. The van der Waals surface area contributed by atoms with Crippen molar-refractivity contribution < 1.29 is 9.90 Å². The van der Waals surface area contributed by atoms with Crippen molar-refractivity contribution in [2.45, 2.75) is 32.7 Å². The van der Waals surface area contributed by atoms with Gasteiger partial charge >= 0.3 is 5.97 Å². The van der Waals surface area contributed by atoms with E-state index in [-0.39, 0.29) is 0 Å². The summed E-state index contributed by atoms with van der Waals surface area (Å²) in [7, 11) is 0. The highest BCUT2D eigenvalue weighted by molar-refractivity contribution is 7.17. The Kier molecular flexibility index (Phi) is 5.20. The number of rotatable bonds is 6. The number of hydrogen-bond donors (Lipinski definition) is 2. The molecule has 0 saturated carbocycles. The third-order valence-corrected chi connectivity index (χ3v) is 5.01. The van der Waals surface area contributed by atoms with Gasteiger partial charge < -0.3 is 10.4 Å². The number of carboxylic acid groups (broad SMARTS) is 1. The molecular formula is C18H18ClN3O2S. The maximum Gasteiger partial charge on any atom is 0.326 e. The molecule has 0 spiro atoms. The smallest absolute Gasteiger partial charge is 0.326 e. The Morgan fingerprint density at radius 3 is 2.68 bits per heavy atom. The van der Waals surface area contributed by atoms with E-state index in [4.69, 9.17) is 11.6 Å². The Morgan fingerprint density at radius 2 is 2.04 bits per heavy atom. The van der Waals surface area contributed by atoms with Crippen LogP contribution in [0.2, 0.25) is 5.02 Å². The lowest BCUT2D eigenvalue weighted by Crippen LogP contribution is -2.29. The summed E-state index contributed by atoms with van der Waals surface area (Å²) >= 11 is 7.50. The quantitative estimate of drug-likeness (QED) is 0.635. The molecule has 1 unspecified atom stereocenters. The Labute approximate surface area is 154 Å². The van der Waals surface area contributed by atoms with Gasteiger partial charge in [0.1, 0.15) is 22.5 Å². The Morgan fingerprint density at radius 1 is 1.32 bits per heavy atom. The van der Waals surface area contributed by atoms with Crippen molar-refractivity contribution in [3.8, 4) is 11.1 Å². The molecule has 0 aliphatic carbocycles. The molecule has 3 aromatic rings. The lowest BCUT2D eigenvalue weighted by atomic mass is 10.1. The highest BCUT2D eigenvalue weighted by atomic mass is 35.5. The molecule has 2 aromatic heterocycles. The number of thiophene rings is 1. The van der Waals surface area contributed by atoms with E-state index < -0.39 is 12.0 Å². The summed E-state index contributed by atoms with van der Waals surface area (Å²) < 4.78 is 0. The third kappa shape index (κ3) is 3.75. The molecule has 130 valence electrons. The standard InChI is InChI=1S/C18H18ClN3O2S/c1-3-4-14(18(23)24)22-16-15-13(11-5-7-12(19)8-6-11)9-25-17(15)21-10(2)20-16/h5-9,14H,3-4H2,1-2H3,(H,23,24)(H,20,21,22). The van der Waals surface area contributed by atoms with Crippen LogP contribution in [0.5, 0.6) is 0 Å². The van der Waals surface area contributed by atoms with Gasteiger partial charge in [-0.3, -0.25) is 0 Å². The van der Waals surface area contributed by atoms with Crippen molar-refractivity contribution >= 4 is 44.9 Å². The second-order valence-electron chi connectivity index (χ2n) is 5.78. The van der Waals surface area contributed by atoms with Crippen molar-refractivity contribution in [3.05, 3.63) is 40.5 Å². The van der Waals surface area contributed by atoms with Crippen molar-refractivity contribution in [3.63, 3.8) is 0 Å². The average Bonchev–Trinajstić information content (AvgIpc) is 2.98. The molecule has 1 aromatic carbocycles. The van der Waals surface area contributed by atoms with Gasteiger partial charge in [-0.1, -0.05) is 37.1 Å². The number of aromatic nitrogens is 2. The first-order valence-corrected chi connectivity index (χ1v) is 9.26. The van der Waals surface area contributed by atoms with E-state index in [9.17, 15) is 9.90 Å². The monoisotopic (exact) mass is 375 g/mol. The molecule has 0 amide bonds. The molecular weight excluding hydrogens is 358 g/mol. The van der Waals surface area contributed by atoms with Crippen molar-refractivity contribution in [1.82, 2.24) is 9.97 Å². The highest BCUT2D eigenvalue weighted by Gasteiger charge is 2.21. The fraction of sp³-hybridized carbons (Fsp3) is 0.278. The number of hydrogen-bond acceptors (Lipinski definition) is 5. The SMILES string of the molecule is CCCC(Nc1nc(C)nc2scc(-c3ccc(Cl)cc3)c12)C(=O)O. The van der Waals surface area contributed by atoms with Gasteiger partial charge in [-0.25, -0.2) is 14.8 Å². The predicted octanol–water partition coefficient (Wildman–Crippen LogP) is 4.99. The van der Waals surface area contributed by atoms with Crippen LogP contribution in [0.4, 0.5) is 5.82 Å².